The second-order valence-corrected chi connectivity index (χ2v) is 8.71. The van der Waals surface area contributed by atoms with Crippen molar-refractivity contribution >= 4 is 0 Å². The van der Waals surface area contributed by atoms with Gasteiger partial charge in [-0.15, -0.1) is 0 Å². The first-order chi connectivity index (χ1) is 10.7. The van der Waals surface area contributed by atoms with Gasteiger partial charge in [0.25, 0.3) is 0 Å². The lowest BCUT2D eigenvalue weighted by Gasteiger charge is -2.41. The maximum absolute atomic E-state index is 2.58. The highest BCUT2D eigenvalue weighted by Crippen LogP contribution is 2.57. The second-order valence-electron chi connectivity index (χ2n) is 8.71. The molecule has 4 rings (SSSR count). The van der Waals surface area contributed by atoms with Crippen molar-refractivity contribution in [3.05, 3.63) is 34.9 Å². The van der Waals surface area contributed by atoms with E-state index >= 15 is 0 Å². The van der Waals surface area contributed by atoms with E-state index in [1.54, 1.807) is 16.7 Å². The van der Waals surface area contributed by atoms with E-state index in [-0.39, 0.29) is 0 Å². The minimum absolute atomic E-state index is 0.608. The van der Waals surface area contributed by atoms with E-state index in [0.717, 1.165) is 17.8 Å². The van der Waals surface area contributed by atoms with Crippen molar-refractivity contribution in [1.82, 2.24) is 0 Å². The Hall–Kier alpha value is -0.780. The highest BCUT2D eigenvalue weighted by Gasteiger charge is 2.46. The summed E-state index contributed by atoms with van der Waals surface area (Å²) in [5.41, 5.74) is 5.91. The van der Waals surface area contributed by atoms with Gasteiger partial charge in [0.2, 0.25) is 0 Å². The van der Waals surface area contributed by atoms with E-state index in [2.05, 4.69) is 32.1 Å². The van der Waals surface area contributed by atoms with Gasteiger partial charge in [0.05, 0.1) is 0 Å². The number of hydrogen-bond acceptors (Lipinski definition) is 0. The summed E-state index contributed by atoms with van der Waals surface area (Å²) >= 11 is 0. The van der Waals surface area contributed by atoms with Gasteiger partial charge < -0.3 is 0 Å². The van der Waals surface area contributed by atoms with Crippen LogP contribution < -0.4 is 0 Å². The van der Waals surface area contributed by atoms with Crippen molar-refractivity contribution in [2.45, 2.75) is 78.1 Å². The molecule has 0 N–H and O–H groups in total. The Balaban J connectivity index is 1.50. The predicted molar refractivity (Wildman–Crippen MR) is 94.7 cm³/mol. The highest BCUT2D eigenvalue weighted by molar-refractivity contribution is 5.29. The lowest BCUT2D eigenvalue weighted by atomic mass is 9.64. The summed E-state index contributed by atoms with van der Waals surface area (Å²) in [7, 11) is 0. The fourth-order valence-electron chi connectivity index (χ4n) is 5.96. The van der Waals surface area contributed by atoms with Gasteiger partial charge in [-0.25, -0.2) is 0 Å². The molecule has 0 aromatic heterocycles. The standard InChI is InChI=1S/C22H32/c1-16-8-13-21-19(7-4-14-22(16,21)2)12-10-17-9-11-18-5-3-6-20(18)15-17/h5,10,12,16,20-21H,3-4,6-9,11,13-15H2,1-2H3. The van der Waals surface area contributed by atoms with Crippen molar-refractivity contribution in [1.29, 1.82) is 0 Å². The highest BCUT2D eigenvalue weighted by atomic mass is 14.5. The van der Waals surface area contributed by atoms with E-state index < -0.39 is 0 Å². The van der Waals surface area contributed by atoms with Gasteiger partial charge in [-0.2, -0.15) is 0 Å². The Labute approximate surface area is 136 Å². The van der Waals surface area contributed by atoms with Crippen molar-refractivity contribution in [3.63, 3.8) is 0 Å². The fraction of sp³-hybridized carbons (Fsp3) is 0.727. The molecule has 0 heteroatoms. The zero-order valence-electron chi connectivity index (χ0n) is 14.5. The zero-order chi connectivity index (χ0) is 15.2. The molecule has 0 amide bonds. The van der Waals surface area contributed by atoms with Crippen LogP contribution in [0.5, 0.6) is 0 Å². The summed E-state index contributed by atoms with van der Waals surface area (Å²) in [4.78, 5) is 0. The monoisotopic (exact) mass is 296 g/mol. The molecule has 22 heavy (non-hydrogen) atoms. The Kier molecular flexibility index (Phi) is 3.83. The third-order valence-corrected chi connectivity index (χ3v) is 7.66. The van der Waals surface area contributed by atoms with E-state index in [1.807, 2.05) is 0 Å². The molecule has 0 bridgehead atoms. The summed E-state index contributed by atoms with van der Waals surface area (Å²) in [5.74, 6) is 2.72. The van der Waals surface area contributed by atoms with E-state index in [0.29, 0.717) is 5.41 Å². The topological polar surface area (TPSA) is 0 Å². The number of fused-ring (bicyclic) bond motifs is 2. The Morgan fingerprint density at radius 3 is 2.91 bits per heavy atom. The molecule has 0 aromatic rings. The summed E-state index contributed by atoms with van der Waals surface area (Å²) in [6.45, 7) is 5.07. The third kappa shape index (κ3) is 2.43. The number of hydrogen-bond donors (Lipinski definition) is 0. The van der Waals surface area contributed by atoms with Gasteiger partial charge in [-0.05, 0) is 87.4 Å². The molecule has 3 saturated carbocycles. The van der Waals surface area contributed by atoms with Crippen LogP contribution in [-0.4, -0.2) is 0 Å². The van der Waals surface area contributed by atoms with Crippen LogP contribution >= 0.6 is 0 Å². The van der Waals surface area contributed by atoms with Crippen LogP contribution in [0.15, 0.2) is 34.9 Å². The minimum Gasteiger partial charge on any atom is -0.0850 e. The van der Waals surface area contributed by atoms with Gasteiger partial charge in [-0.1, -0.05) is 48.8 Å². The maximum atomic E-state index is 2.58. The summed E-state index contributed by atoms with van der Waals surface area (Å²) in [6, 6.07) is 0. The molecule has 0 heterocycles. The molecule has 0 nitrogen and oxygen atoms in total. The van der Waals surface area contributed by atoms with E-state index in [9.17, 15) is 0 Å². The Morgan fingerprint density at radius 2 is 2.00 bits per heavy atom. The van der Waals surface area contributed by atoms with Crippen LogP contribution in [0.1, 0.15) is 78.1 Å². The molecule has 0 saturated heterocycles. The lowest BCUT2D eigenvalue weighted by molar-refractivity contribution is 0.147. The van der Waals surface area contributed by atoms with Gasteiger partial charge in [-0.3, -0.25) is 0 Å². The molecular formula is C22H32. The fourth-order valence-corrected chi connectivity index (χ4v) is 5.96. The average molecular weight is 296 g/mol. The summed E-state index contributed by atoms with van der Waals surface area (Å²) in [6.07, 6.45) is 21.6. The van der Waals surface area contributed by atoms with Crippen LogP contribution in [0.25, 0.3) is 0 Å². The first-order valence-electron chi connectivity index (χ1n) is 9.74. The van der Waals surface area contributed by atoms with E-state index in [4.69, 9.17) is 0 Å². The van der Waals surface area contributed by atoms with Crippen molar-refractivity contribution in [3.8, 4) is 0 Å². The number of allylic oxidation sites excluding steroid dienone is 6. The van der Waals surface area contributed by atoms with Gasteiger partial charge in [0, 0.05) is 0 Å². The molecule has 4 aliphatic carbocycles. The van der Waals surface area contributed by atoms with Gasteiger partial charge in [0.15, 0.2) is 0 Å². The Bertz CT molecular complexity index is 532. The molecule has 4 atom stereocenters. The molecule has 3 fully saturated rings. The van der Waals surface area contributed by atoms with Crippen LogP contribution in [0.4, 0.5) is 0 Å². The molecule has 120 valence electrons. The lowest BCUT2D eigenvalue weighted by Crippen LogP contribution is -2.31. The second kappa shape index (κ2) is 5.69. The molecule has 0 aromatic carbocycles. The van der Waals surface area contributed by atoms with Crippen LogP contribution in [0.3, 0.4) is 0 Å². The normalized spacial score (nSPS) is 45.0. The van der Waals surface area contributed by atoms with Gasteiger partial charge >= 0.3 is 0 Å². The van der Waals surface area contributed by atoms with Crippen molar-refractivity contribution in [2.75, 3.05) is 0 Å². The van der Waals surface area contributed by atoms with Crippen LogP contribution in [0, 0.1) is 23.2 Å². The molecule has 0 radical (unpaired) electrons. The summed E-state index contributed by atoms with van der Waals surface area (Å²) in [5, 5.41) is 0. The quantitative estimate of drug-likeness (QED) is 0.478. The maximum Gasteiger partial charge on any atom is -0.0143 e. The summed E-state index contributed by atoms with van der Waals surface area (Å²) < 4.78 is 0. The zero-order valence-corrected chi connectivity index (χ0v) is 14.5. The van der Waals surface area contributed by atoms with Crippen molar-refractivity contribution < 1.29 is 0 Å². The first kappa shape index (κ1) is 14.8. The molecule has 4 unspecified atom stereocenters. The first-order valence-corrected chi connectivity index (χ1v) is 9.74. The average Bonchev–Trinajstić information content (AvgIpc) is 3.10. The predicted octanol–water partition coefficient (Wildman–Crippen LogP) is 6.60. The molecule has 0 aliphatic heterocycles. The number of rotatable bonds is 1. The van der Waals surface area contributed by atoms with E-state index in [1.165, 1.54) is 64.2 Å². The largest absolute Gasteiger partial charge is 0.0850 e. The van der Waals surface area contributed by atoms with Crippen molar-refractivity contribution in [2.24, 2.45) is 23.2 Å². The molecule has 4 aliphatic rings. The SMILES string of the molecule is CC1CCC2C(=CC=C3CCC4=CCCC4C3)CCCC12C. The van der Waals surface area contributed by atoms with Crippen LogP contribution in [0.2, 0.25) is 0 Å². The minimum atomic E-state index is 0.608. The molecular weight excluding hydrogens is 264 g/mol. The Morgan fingerprint density at radius 1 is 1.09 bits per heavy atom. The van der Waals surface area contributed by atoms with Crippen LogP contribution in [-0.2, 0) is 0 Å². The van der Waals surface area contributed by atoms with Gasteiger partial charge in [0.1, 0.15) is 0 Å². The molecule has 0 spiro atoms. The smallest absolute Gasteiger partial charge is 0.0143 e. The third-order valence-electron chi connectivity index (χ3n) is 7.66.